The molecule has 2 aromatic carbocycles. The molecule has 2 heterocycles. The molecule has 0 bridgehead atoms. The first-order valence-electron chi connectivity index (χ1n) is 10.4. The van der Waals surface area contributed by atoms with Crippen LogP contribution in [0.2, 0.25) is 0 Å². The number of Topliss-reactive ketones (excluding diaryl/α,β-unsaturated/α-hetero) is 1. The van der Waals surface area contributed by atoms with Gasteiger partial charge in [-0.25, -0.2) is 0 Å². The van der Waals surface area contributed by atoms with E-state index in [0.29, 0.717) is 35.6 Å². The molecule has 2 aromatic rings. The molecule has 0 radical (unpaired) electrons. The maximum absolute atomic E-state index is 13.1. The van der Waals surface area contributed by atoms with Crippen molar-refractivity contribution in [3.8, 4) is 17.2 Å². The SMILES string of the molecule is COc1ccc(Br)cc1/C=C1\Oc2c(ccc3c2CN(C2CCCCC2)CO3)C1=O. The minimum absolute atomic E-state index is 0.107. The van der Waals surface area contributed by atoms with Crippen molar-refractivity contribution in [3.05, 3.63) is 57.3 Å². The summed E-state index contributed by atoms with van der Waals surface area (Å²) in [5.41, 5.74) is 2.36. The van der Waals surface area contributed by atoms with E-state index in [2.05, 4.69) is 20.8 Å². The highest BCUT2D eigenvalue weighted by Gasteiger charge is 2.35. The van der Waals surface area contributed by atoms with Crippen molar-refractivity contribution < 1.29 is 19.0 Å². The maximum atomic E-state index is 13.1. The molecule has 0 unspecified atom stereocenters. The van der Waals surface area contributed by atoms with Gasteiger partial charge in [0.2, 0.25) is 5.78 Å². The topological polar surface area (TPSA) is 48.0 Å². The molecule has 6 heteroatoms. The van der Waals surface area contributed by atoms with E-state index in [1.165, 1.54) is 32.1 Å². The maximum Gasteiger partial charge on any atom is 0.231 e. The predicted octanol–water partition coefficient (Wildman–Crippen LogP) is 5.56. The summed E-state index contributed by atoms with van der Waals surface area (Å²) in [5.74, 6) is 2.34. The summed E-state index contributed by atoms with van der Waals surface area (Å²) in [5, 5.41) is 0. The molecule has 0 N–H and O–H groups in total. The number of rotatable bonds is 3. The third-order valence-electron chi connectivity index (χ3n) is 6.21. The molecule has 30 heavy (non-hydrogen) atoms. The van der Waals surface area contributed by atoms with Crippen LogP contribution in [0.3, 0.4) is 0 Å². The van der Waals surface area contributed by atoms with Crippen LogP contribution in [0.5, 0.6) is 17.2 Å². The second-order valence-electron chi connectivity index (χ2n) is 8.06. The summed E-state index contributed by atoms with van der Waals surface area (Å²) in [6.45, 7) is 1.35. The number of benzene rings is 2. The molecule has 0 aromatic heterocycles. The number of halogens is 1. The zero-order valence-corrected chi connectivity index (χ0v) is 18.5. The molecule has 1 aliphatic carbocycles. The number of nitrogens with zero attached hydrogens (tertiary/aromatic N) is 1. The molecule has 5 nitrogen and oxygen atoms in total. The lowest BCUT2D eigenvalue weighted by molar-refractivity contribution is 0.0394. The van der Waals surface area contributed by atoms with Gasteiger partial charge in [0.1, 0.15) is 24.0 Å². The molecule has 1 saturated carbocycles. The first kappa shape index (κ1) is 19.6. The Morgan fingerprint density at radius 1 is 1.17 bits per heavy atom. The number of allylic oxidation sites excluding steroid dienone is 1. The fourth-order valence-electron chi connectivity index (χ4n) is 4.62. The first-order chi connectivity index (χ1) is 14.6. The average molecular weight is 470 g/mol. The average Bonchev–Trinajstić information content (AvgIpc) is 3.10. The van der Waals surface area contributed by atoms with Crippen molar-refractivity contribution in [2.45, 2.75) is 44.7 Å². The van der Waals surface area contributed by atoms with Crippen LogP contribution in [-0.2, 0) is 6.54 Å². The van der Waals surface area contributed by atoms with Gasteiger partial charge in [-0.3, -0.25) is 9.69 Å². The second-order valence-corrected chi connectivity index (χ2v) is 8.97. The molecule has 5 rings (SSSR count). The van der Waals surface area contributed by atoms with Crippen LogP contribution in [0.25, 0.3) is 6.08 Å². The molecular formula is C24H24BrNO4. The standard InChI is InChI=1S/C24H24BrNO4/c1-28-20-9-7-16(25)11-15(20)12-22-23(27)18-8-10-21-19(24(18)30-22)13-26(14-29-21)17-5-3-2-4-6-17/h7-12,17H,2-6,13-14H2,1H3/b22-12-. The summed E-state index contributed by atoms with van der Waals surface area (Å²) in [6.07, 6.45) is 8.04. The molecular weight excluding hydrogens is 446 g/mol. The van der Waals surface area contributed by atoms with Gasteiger partial charge < -0.3 is 14.2 Å². The van der Waals surface area contributed by atoms with Gasteiger partial charge in [0.15, 0.2) is 5.76 Å². The molecule has 0 atom stereocenters. The van der Waals surface area contributed by atoms with Crippen LogP contribution in [-0.4, -0.2) is 30.6 Å². The van der Waals surface area contributed by atoms with Crippen LogP contribution < -0.4 is 14.2 Å². The minimum atomic E-state index is -0.107. The van der Waals surface area contributed by atoms with Gasteiger partial charge in [0.05, 0.1) is 18.2 Å². The van der Waals surface area contributed by atoms with E-state index in [0.717, 1.165) is 27.9 Å². The smallest absolute Gasteiger partial charge is 0.231 e. The zero-order valence-electron chi connectivity index (χ0n) is 16.9. The van der Waals surface area contributed by atoms with Gasteiger partial charge >= 0.3 is 0 Å². The van der Waals surface area contributed by atoms with E-state index < -0.39 is 0 Å². The van der Waals surface area contributed by atoms with Crippen LogP contribution in [0.1, 0.15) is 53.6 Å². The number of carbonyl (C=O) groups excluding carboxylic acids is 1. The van der Waals surface area contributed by atoms with E-state index in [1.807, 2.05) is 30.3 Å². The molecule has 0 spiro atoms. The third-order valence-corrected chi connectivity index (χ3v) is 6.71. The van der Waals surface area contributed by atoms with Gasteiger partial charge in [0, 0.05) is 22.6 Å². The lowest BCUT2D eigenvalue weighted by Gasteiger charge is -2.37. The summed E-state index contributed by atoms with van der Waals surface area (Å²) in [6, 6.07) is 9.93. The molecule has 0 amide bonds. The largest absolute Gasteiger partial charge is 0.496 e. The summed E-state index contributed by atoms with van der Waals surface area (Å²) in [4.78, 5) is 15.4. The van der Waals surface area contributed by atoms with Gasteiger partial charge in [-0.15, -0.1) is 0 Å². The number of ketones is 1. The number of ether oxygens (including phenoxy) is 3. The van der Waals surface area contributed by atoms with Crippen LogP contribution in [0, 0.1) is 0 Å². The summed E-state index contributed by atoms with van der Waals surface area (Å²) in [7, 11) is 1.62. The Morgan fingerprint density at radius 2 is 2.00 bits per heavy atom. The second kappa shape index (κ2) is 8.08. The van der Waals surface area contributed by atoms with E-state index in [4.69, 9.17) is 14.2 Å². The van der Waals surface area contributed by atoms with E-state index in [-0.39, 0.29) is 5.78 Å². The van der Waals surface area contributed by atoms with E-state index in [9.17, 15) is 4.79 Å². The van der Waals surface area contributed by atoms with Crippen molar-refractivity contribution in [3.63, 3.8) is 0 Å². The normalized spacial score (nSPS) is 20.5. The highest BCUT2D eigenvalue weighted by atomic mass is 79.9. The molecule has 0 saturated heterocycles. The van der Waals surface area contributed by atoms with E-state index in [1.54, 1.807) is 13.2 Å². The lowest BCUT2D eigenvalue weighted by Crippen LogP contribution is -2.41. The fourth-order valence-corrected chi connectivity index (χ4v) is 4.99. The monoisotopic (exact) mass is 469 g/mol. The lowest BCUT2D eigenvalue weighted by atomic mass is 9.93. The number of hydrogen-bond acceptors (Lipinski definition) is 5. The van der Waals surface area contributed by atoms with Crippen molar-refractivity contribution in [2.75, 3.05) is 13.8 Å². The number of methoxy groups -OCH3 is 1. The Hall–Kier alpha value is -2.31. The van der Waals surface area contributed by atoms with Gasteiger partial charge in [-0.2, -0.15) is 0 Å². The first-order valence-corrected chi connectivity index (χ1v) is 11.2. The van der Waals surface area contributed by atoms with Crippen LogP contribution >= 0.6 is 15.9 Å². The van der Waals surface area contributed by atoms with Gasteiger partial charge in [-0.1, -0.05) is 35.2 Å². The quantitative estimate of drug-likeness (QED) is 0.550. The Labute approximate surface area is 184 Å². The van der Waals surface area contributed by atoms with Crippen molar-refractivity contribution in [2.24, 2.45) is 0 Å². The Balaban J connectivity index is 1.47. The molecule has 2 aliphatic heterocycles. The van der Waals surface area contributed by atoms with Crippen molar-refractivity contribution in [1.29, 1.82) is 0 Å². The molecule has 1 fully saturated rings. The van der Waals surface area contributed by atoms with Crippen molar-refractivity contribution in [1.82, 2.24) is 4.90 Å². The number of hydrogen-bond donors (Lipinski definition) is 0. The van der Waals surface area contributed by atoms with Crippen LogP contribution in [0.4, 0.5) is 0 Å². The Morgan fingerprint density at radius 3 is 2.80 bits per heavy atom. The summed E-state index contributed by atoms with van der Waals surface area (Å²) < 4.78 is 18.5. The third kappa shape index (κ3) is 3.52. The fraction of sp³-hybridized carbons (Fsp3) is 0.375. The highest BCUT2D eigenvalue weighted by Crippen LogP contribution is 2.43. The number of carbonyl (C=O) groups is 1. The highest BCUT2D eigenvalue weighted by molar-refractivity contribution is 9.10. The van der Waals surface area contributed by atoms with Crippen molar-refractivity contribution >= 4 is 27.8 Å². The summed E-state index contributed by atoms with van der Waals surface area (Å²) >= 11 is 3.48. The van der Waals surface area contributed by atoms with Gasteiger partial charge in [0.25, 0.3) is 0 Å². The zero-order chi connectivity index (χ0) is 20.7. The molecule has 156 valence electrons. The van der Waals surface area contributed by atoms with Gasteiger partial charge in [-0.05, 0) is 49.2 Å². The predicted molar refractivity (Wildman–Crippen MR) is 118 cm³/mol. The van der Waals surface area contributed by atoms with Crippen LogP contribution in [0.15, 0.2) is 40.6 Å². The Kier molecular flexibility index (Phi) is 5.29. The minimum Gasteiger partial charge on any atom is -0.496 e. The number of fused-ring (bicyclic) bond motifs is 3. The molecule has 3 aliphatic rings. The van der Waals surface area contributed by atoms with E-state index >= 15 is 0 Å². The Bertz CT molecular complexity index is 1030.